The summed E-state index contributed by atoms with van der Waals surface area (Å²) in [7, 11) is 3.41. The number of methoxy groups -OCH3 is 2. The van der Waals surface area contributed by atoms with E-state index in [0.717, 1.165) is 25.9 Å². The molecule has 1 amide bonds. The van der Waals surface area contributed by atoms with Gasteiger partial charge in [-0.05, 0) is 25.7 Å². The Balaban J connectivity index is 2.01. The molecule has 0 aromatic heterocycles. The number of hydrogen-bond acceptors (Lipinski definition) is 5. The van der Waals surface area contributed by atoms with Crippen molar-refractivity contribution in [2.75, 3.05) is 27.3 Å². The van der Waals surface area contributed by atoms with Crippen LogP contribution in [-0.4, -0.2) is 61.9 Å². The summed E-state index contributed by atoms with van der Waals surface area (Å²) in [6.07, 6.45) is 3.50. The Bertz CT molecular complexity index is 327. The fourth-order valence-electron chi connectivity index (χ4n) is 3.34. The maximum atomic E-state index is 11.5. The molecule has 6 heteroatoms. The lowest BCUT2D eigenvalue weighted by Gasteiger charge is -2.39. The molecule has 110 valence electrons. The number of ether oxygens (including phenoxy) is 2. The normalized spacial score (nSPS) is 40.5. The summed E-state index contributed by atoms with van der Waals surface area (Å²) in [5, 5.41) is 0. The minimum absolute atomic E-state index is 0.0904. The van der Waals surface area contributed by atoms with Gasteiger partial charge in [-0.3, -0.25) is 9.69 Å². The highest BCUT2D eigenvalue weighted by molar-refractivity contribution is 5.84. The average molecular weight is 271 g/mol. The fourth-order valence-corrected chi connectivity index (χ4v) is 3.34. The third kappa shape index (κ3) is 2.91. The molecule has 2 aliphatic rings. The van der Waals surface area contributed by atoms with Crippen LogP contribution < -0.4 is 11.5 Å². The van der Waals surface area contributed by atoms with Crippen molar-refractivity contribution < 1.29 is 14.3 Å². The van der Waals surface area contributed by atoms with Gasteiger partial charge in [0.1, 0.15) is 0 Å². The van der Waals surface area contributed by atoms with Crippen LogP contribution in [0, 0.1) is 0 Å². The molecule has 0 bridgehead atoms. The van der Waals surface area contributed by atoms with Crippen molar-refractivity contribution in [1.82, 2.24) is 4.90 Å². The van der Waals surface area contributed by atoms with E-state index in [0.29, 0.717) is 18.9 Å². The molecule has 2 fully saturated rings. The summed E-state index contributed by atoms with van der Waals surface area (Å²) >= 11 is 0. The van der Waals surface area contributed by atoms with Gasteiger partial charge < -0.3 is 20.9 Å². The second-order valence-electron chi connectivity index (χ2n) is 5.77. The smallest absolute Gasteiger partial charge is 0.237 e. The Morgan fingerprint density at radius 3 is 2.32 bits per heavy atom. The summed E-state index contributed by atoms with van der Waals surface area (Å²) in [6, 6.07) is 0.295. The molecule has 0 spiro atoms. The van der Waals surface area contributed by atoms with Crippen molar-refractivity contribution in [3.8, 4) is 0 Å². The van der Waals surface area contributed by atoms with Crippen LogP contribution in [0.5, 0.6) is 0 Å². The molecule has 2 rings (SSSR count). The Kier molecular flexibility index (Phi) is 4.45. The van der Waals surface area contributed by atoms with E-state index in [9.17, 15) is 4.79 Å². The standard InChI is InChI=1S/C13H25N3O3/c1-18-10-7-16(8-11(10)19-2)9-4-3-5-13(15,6-9)12(14)17/h9-11H,3-8,15H2,1-2H3,(H2,14,17). The quantitative estimate of drug-likeness (QED) is 0.716. The Labute approximate surface area is 114 Å². The molecule has 4 N–H and O–H groups in total. The molecule has 1 aliphatic heterocycles. The van der Waals surface area contributed by atoms with E-state index < -0.39 is 5.54 Å². The van der Waals surface area contributed by atoms with Crippen LogP contribution in [0.15, 0.2) is 0 Å². The van der Waals surface area contributed by atoms with E-state index in [1.807, 2.05) is 0 Å². The first-order valence-corrected chi connectivity index (χ1v) is 6.88. The number of carbonyl (C=O) groups is 1. The van der Waals surface area contributed by atoms with E-state index in [1.54, 1.807) is 14.2 Å². The predicted molar refractivity (Wildman–Crippen MR) is 71.5 cm³/mol. The zero-order valence-electron chi connectivity index (χ0n) is 11.8. The first-order chi connectivity index (χ1) is 9.00. The highest BCUT2D eigenvalue weighted by Crippen LogP contribution is 2.32. The van der Waals surface area contributed by atoms with Crippen LogP contribution in [0.2, 0.25) is 0 Å². The molecule has 0 aromatic rings. The molecule has 1 heterocycles. The van der Waals surface area contributed by atoms with Gasteiger partial charge in [-0.25, -0.2) is 0 Å². The average Bonchev–Trinajstić information content (AvgIpc) is 2.82. The van der Waals surface area contributed by atoms with Crippen LogP contribution in [0.25, 0.3) is 0 Å². The zero-order valence-corrected chi connectivity index (χ0v) is 11.8. The Morgan fingerprint density at radius 1 is 1.26 bits per heavy atom. The third-order valence-corrected chi connectivity index (χ3v) is 4.62. The fraction of sp³-hybridized carbons (Fsp3) is 0.923. The van der Waals surface area contributed by atoms with Gasteiger partial charge in [0.15, 0.2) is 0 Å². The molecule has 1 aliphatic carbocycles. The van der Waals surface area contributed by atoms with Gasteiger partial charge in [0.05, 0.1) is 17.7 Å². The minimum Gasteiger partial charge on any atom is -0.377 e. The van der Waals surface area contributed by atoms with Gasteiger partial charge >= 0.3 is 0 Å². The molecule has 19 heavy (non-hydrogen) atoms. The monoisotopic (exact) mass is 271 g/mol. The number of carbonyl (C=O) groups excluding carboxylic acids is 1. The third-order valence-electron chi connectivity index (χ3n) is 4.62. The highest BCUT2D eigenvalue weighted by Gasteiger charge is 2.43. The van der Waals surface area contributed by atoms with Crippen molar-refractivity contribution in [2.45, 2.75) is 49.5 Å². The molecular formula is C13H25N3O3. The topological polar surface area (TPSA) is 90.8 Å². The van der Waals surface area contributed by atoms with E-state index in [1.165, 1.54) is 0 Å². The lowest BCUT2D eigenvalue weighted by molar-refractivity contribution is -0.125. The van der Waals surface area contributed by atoms with Crippen molar-refractivity contribution >= 4 is 5.91 Å². The number of likely N-dealkylation sites (tertiary alicyclic amines) is 1. The summed E-state index contributed by atoms with van der Waals surface area (Å²) < 4.78 is 10.9. The van der Waals surface area contributed by atoms with Crippen molar-refractivity contribution in [3.05, 3.63) is 0 Å². The highest BCUT2D eigenvalue weighted by atomic mass is 16.5. The lowest BCUT2D eigenvalue weighted by Crippen LogP contribution is -2.58. The second-order valence-corrected chi connectivity index (χ2v) is 5.77. The summed E-state index contributed by atoms with van der Waals surface area (Å²) in [4.78, 5) is 13.8. The zero-order chi connectivity index (χ0) is 14.0. The van der Waals surface area contributed by atoms with Crippen molar-refractivity contribution in [1.29, 1.82) is 0 Å². The SMILES string of the molecule is COC1CN(C2CCCC(N)(C(N)=O)C2)CC1OC. The van der Waals surface area contributed by atoms with Gasteiger partial charge in [0, 0.05) is 33.4 Å². The minimum atomic E-state index is -0.851. The van der Waals surface area contributed by atoms with Gasteiger partial charge in [0.25, 0.3) is 0 Å². The summed E-state index contributed by atoms with van der Waals surface area (Å²) in [5.74, 6) is -0.386. The van der Waals surface area contributed by atoms with Crippen LogP contribution >= 0.6 is 0 Å². The van der Waals surface area contributed by atoms with Crippen LogP contribution in [0.1, 0.15) is 25.7 Å². The Hall–Kier alpha value is -0.690. The van der Waals surface area contributed by atoms with Crippen LogP contribution in [0.4, 0.5) is 0 Å². The number of primary amides is 1. The first kappa shape index (κ1) is 14.7. The molecule has 4 atom stereocenters. The number of nitrogens with two attached hydrogens (primary N) is 2. The molecule has 0 aromatic carbocycles. The number of hydrogen-bond donors (Lipinski definition) is 2. The Morgan fingerprint density at radius 2 is 1.84 bits per heavy atom. The van der Waals surface area contributed by atoms with E-state index in [-0.39, 0.29) is 18.1 Å². The molecule has 6 nitrogen and oxygen atoms in total. The second kappa shape index (κ2) is 5.75. The molecule has 1 saturated heterocycles. The maximum Gasteiger partial charge on any atom is 0.237 e. The molecular weight excluding hydrogens is 246 g/mol. The first-order valence-electron chi connectivity index (χ1n) is 6.88. The summed E-state index contributed by atoms with van der Waals surface area (Å²) in [6.45, 7) is 1.66. The summed E-state index contributed by atoms with van der Waals surface area (Å²) in [5.41, 5.74) is 10.7. The van der Waals surface area contributed by atoms with Gasteiger partial charge in [-0.1, -0.05) is 0 Å². The molecule has 1 saturated carbocycles. The number of rotatable bonds is 4. The van der Waals surface area contributed by atoms with Crippen molar-refractivity contribution in [2.24, 2.45) is 11.5 Å². The van der Waals surface area contributed by atoms with E-state index in [2.05, 4.69) is 4.90 Å². The lowest BCUT2D eigenvalue weighted by atomic mass is 9.78. The van der Waals surface area contributed by atoms with Gasteiger partial charge in [-0.2, -0.15) is 0 Å². The van der Waals surface area contributed by atoms with Crippen LogP contribution in [-0.2, 0) is 14.3 Å². The van der Waals surface area contributed by atoms with Gasteiger partial charge in [-0.15, -0.1) is 0 Å². The van der Waals surface area contributed by atoms with E-state index in [4.69, 9.17) is 20.9 Å². The predicted octanol–water partition coefficient (Wildman–Crippen LogP) is -0.543. The number of nitrogens with zero attached hydrogens (tertiary/aromatic N) is 1. The molecule has 0 radical (unpaired) electrons. The maximum absolute atomic E-state index is 11.5. The van der Waals surface area contributed by atoms with Gasteiger partial charge in [0.2, 0.25) is 5.91 Å². The van der Waals surface area contributed by atoms with Crippen LogP contribution in [0.3, 0.4) is 0 Å². The van der Waals surface area contributed by atoms with E-state index >= 15 is 0 Å². The largest absolute Gasteiger partial charge is 0.377 e. The molecule has 4 unspecified atom stereocenters. The van der Waals surface area contributed by atoms with Crippen molar-refractivity contribution in [3.63, 3.8) is 0 Å². The number of amides is 1.